The lowest BCUT2D eigenvalue weighted by Gasteiger charge is -2.16. The molecule has 3 rings (SSSR count). The van der Waals surface area contributed by atoms with Crippen LogP contribution in [0, 0.1) is 0 Å². The number of phenolic OH excluding ortho intramolecular Hbond substituents is 1. The average molecular weight is 285 g/mol. The molecule has 1 amide bonds. The molecule has 2 aromatic rings. The standard InChI is InChI=1S/C16H19N3O2/c20-14-5-1-4-13(12-14)16-17-7-11-19(16)10-3-9-18-8-2-6-15(18)21/h1,4-5,7,11-12,20H,2-3,6,8-10H2. The Balaban J connectivity index is 1.64. The summed E-state index contributed by atoms with van der Waals surface area (Å²) in [6.07, 6.45) is 6.29. The van der Waals surface area contributed by atoms with Gasteiger partial charge in [0.1, 0.15) is 11.6 Å². The minimum absolute atomic E-state index is 0.240. The highest BCUT2D eigenvalue weighted by atomic mass is 16.3. The molecule has 1 saturated heterocycles. The van der Waals surface area contributed by atoms with Crippen molar-refractivity contribution in [3.05, 3.63) is 36.7 Å². The predicted octanol–water partition coefficient (Wildman–Crippen LogP) is 2.27. The van der Waals surface area contributed by atoms with Crippen molar-refractivity contribution in [3.8, 4) is 17.1 Å². The molecule has 0 aliphatic carbocycles. The molecule has 0 bridgehead atoms. The third-order valence-corrected chi connectivity index (χ3v) is 3.82. The van der Waals surface area contributed by atoms with Crippen LogP contribution in [-0.4, -0.2) is 38.6 Å². The van der Waals surface area contributed by atoms with E-state index in [1.54, 1.807) is 18.3 Å². The summed E-state index contributed by atoms with van der Waals surface area (Å²) < 4.78 is 2.06. The van der Waals surface area contributed by atoms with Gasteiger partial charge in [-0.2, -0.15) is 0 Å². The molecule has 21 heavy (non-hydrogen) atoms. The number of imidazole rings is 1. The highest BCUT2D eigenvalue weighted by Gasteiger charge is 2.19. The van der Waals surface area contributed by atoms with E-state index in [-0.39, 0.29) is 11.7 Å². The van der Waals surface area contributed by atoms with Crippen molar-refractivity contribution in [2.24, 2.45) is 0 Å². The van der Waals surface area contributed by atoms with E-state index in [0.717, 1.165) is 43.9 Å². The number of benzene rings is 1. The Hall–Kier alpha value is -2.30. The van der Waals surface area contributed by atoms with Crippen molar-refractivity contribution in [2.45, 2.75) is 25.8 Å². The smallest absolute Gasteiger partial charge is 0.222 e. The summed E-state index contributed by atoms with van der Waals surface area (Å²) >= 11 is 0. The lowest BCUT2D eigenvalue weighted by Crippen LogP contribution is -2.26. The van der Waals surface area contributed by atoms with E-state index in [4.69, 9.17) is 0 Å². The zero-order chi connectivity index (χ0) is 14.7. The molecule has 2 heterocycles. The van der Waals surface area contributed by atoms with Crippen LogP contribution in [-0.2, 0) is 11.3 Å². The predicted molar refractivity (Wildman–Crippen MR) is 79.8 cm³/mol. The highest BCUT2D eigenvalue weighted by Crippen LogP contribution is 2.22. The zero-order valence-electron chi connectivity index (χ0n) is 11.9. The molecular weight excluding hydrogens is 266 g/mol. The Kier molecular flexibility index (Phi) is 3.90. The largest absolute Gasteiger partial charge is 0.508 e. The van der Waals surface area contributed by atoms with Gasteiger partial charge in [-0.1, -0.05) is 12.1 Å². The van der Waals surface area contributed by atoms with E-state index < -0.39 is 0 Å². The summed E-state index contributed by atoms with van der Waals surface area (Å²) in [4.78, 5) is 17.9. The van der Waals surface area contributed by atoms with E-state index in [2.05, 4.69) is 9.55 Å². The number of hydrogen-bond acceptors (Lipinski definition) is 3. The topological polar surface area (TPSA) is 58.4 Å². The first kappa shape index (κ1) is 13.7. The first-order valence-corrected chi connectivity index (χ1v) is 7.32. The van der Waals surface area contributed by atoms with Gasteiger partial charge in [0, 0.05) is 44.0 Å². The molecule has 0 saturated carbocycles. The molecule has 1 aliphatic rings. The van der Waals surface area contributed by atoms with Crippen LogP contribution in [0.4, 0.5) is 0 Å². The normalized spacial score (nSPS) is 14.9. The number of carbonyl (C=O) groups is 1. The fourth-order valence-electron chi connectivity index (χ4n) is 2.77. The van der Waals surface area contributed by atoms with Crippen LogP contribution in [0.5, 0.6) is 5.75 Å². The summed E-state index contributed by atoms with van der Waals surface area (Å²) in [6.45, 7) is 2.51. The van der Waals surface area contributed by atoms with Gasteiger partial charge in [-0.15, -0.1) is 0 Å². The lowest BCUT2D eigenvalue weighted by atomic mass is 10.2. The number of carbonyl (C=O) groups excluding carboxylic acids is 1. The molecular formula is C16H19N3O2. The summed E-state index contributed by atoms with van der Waals surface area (Å²) in [5.41, 5.74) is 0.900. The fourth-order valence-corrected chi connectivity index (χ4v) is 2.77. The van der Waals surface area contributed by atoms with Gasteiger partial charge in [-0.05, 0) is 25.0 Å². The van der Waals surface area contributed by atoms with Crippen LogP contribution in [0.3, 0.4) is 0 Å². The van der Waals surface area contributed by atoms with Gasteiger partial charge in [-0.25, -0.2) is 4.98 Å². The average Bonchev–Trinajstić information content (AvgIpc) is 3.09. The van der Waals surface area contributed by atoms with Gasteiger partial charge >= 0.3 is 0 Å². The minimum Gasteiger partial charge on any atom is -0.508 e. The van der Waals surface area contributed by atoms with Crippen molar-refractivity contribution >= 4 is 5.91 Å². The Bertz CT molecular complexity index is 636. The Labute approximate surface area is 123 Å². The molecule has 5 nitrogen and oxygen atoms in total. The minimum atomic E-state index is 0.240. The third kappa shape index (κ3) is 3.07. The number of phenols is 1. The zero-order valence-corrected chi connectivity index (χ0v) is 11.9. The molecule has 5 heteroatoms. The second-order valence-electron chi connectivity index (χ2n) is 5.33. The Morgan fingerprint density at radius 1 is 1.29 bits per heavy atom. The van der Waals surface area contributed by atoms with E-state index in [9.17, 15) is 9.90 Å². The highest BCUT2D eigenvalue weighted by molar-refractivity contribution is 5.77. The van der Waals surface area contributed by atoms with Gasteiger partial charge < -0.3 is 14.6 Å². The molecule has 0 spiro atoms. The van der Waals surface area contributed by atoms with Crippen LogP contribution in [0.25, 0.3) is 11.4 Å². The Morgan fingerprint density at radius 2 is 2.19 bits per heavy atom. The Morgan fingerprint density at radius 3 is 2.95 bits per heavy atom. The van der Waals surface area contributed by atoms with E-state index >= 15 is 0 Å². The molecule has 1 aromatic heterocycles. The fraction of sp³-hybridized carbons (Fsp3) is 0.375. The van der Waals surface area contributed by atoms with Crippen molar-refractivity contribution in [2.75, 3.05) is 13.1 Å². The molecule has 1 fully saturated rings. The third-order valence-electron chi connectivity index (χ3n) is 3.82. The number of likely N-dealkylation sites (tertiary alicyclic amines) is 1. The van der Waals surface area contributed by atoms with Gasteiger partial charge in [0.05, 0.1) is 0 Å². The molecule has 0 radical (unpaired) electrons. The summed E-state index contributed by atoms with van der Waals surface area (Å²) in [5, 5.41) is 9.57. The number of amides is 1. The van der Waals surface area contributed by atoms with E-state index in [1.807, 2.05) is 23.2 Å². The quantitative estimate of drug-likeness (QED) is 0.916. The summed E-state index contributed by atoms with van der Waals surface area (Å²) in [6, 6.07) is 7.10. The van der Waals surface area contributed by atoms with E-state index in [0.29, 0.717) is 6.42 Å². The maximum Gasteiger partial charge on any atom is 0.222 e. The number of nitrogens with zero attached hydrogens (tertiary/aromatic N) is 3. The van der Waals surface area contributed by atoms with Crippen molar-refractivity contribution in [1.82, 2.24) is 14.5 Å². The molecule has 110 valence electrons. The first-order chi connectivity index (χ1) is 10.2. The van der Waals surface area contributed by atoms with Gasteiger partial charge in [0.2, 0.25) is 5.91 Å². The number of aromatic nitrogens is 2. The lowest BCUT2D eigenvalue weighted by molar-refractivity contribution is -0.127. The SMILES string of the molecule is O=C1CCCN1CCCn1ccnc1-c1cccc(O)c1. The van der Waals surface area contributed by atoms with Gasteiger partial charge in [0.15, 0.2) is 0 Å². The monoisotopic (exact) mass is 285 g/mol. The van der Waals surface area contributed by atoms with Crippen LogP contribution in [0.15, 0.2) is 36.7 Å². The summed E-state index contributed by atoms with van der Waals surface area (Å²) in [7, 11) is 0. The van der Waals surface area contributed by atoms with Gasteiger partial charge in [-0.3, -0.25) is 4.79 Å². The second-order valence-corrected chi connectivity index (χ2v) is 5.33. The molecule has 1 aromatic carbocycles. The molecule has 1 N–H and O–H groups in total. The number of hydrogen-bond donors (Lipinski definition) is 1. The van der Waals surface area contributed by atoms with Crippen LogP contribution in [0.1, 0.15) is 19.3 Å². The van der Waals surface area contributed by atoms with E-state index in [1.165, 1.54) is 0 Å². The van der Waals surface area contributed by atoms with Crippen LogP contribution < -0.4 is 0 Å². The van der Waals surface area contributed by atoms with Gasteiger partial charge in [0.25, 0.3) is 0 Å². The summed E-state index contributed by atoms with van der Waals surface area (Å²) in [5.74, 6) is 1.36. The maximum atomic E-state index is 11.6. The number of rotatable bonds is 5. The van der Waals surface area contributed by atoms with Crippen LogP contribution >= 0.6 is 0 Å². The molecule has 1 aliphatic heterocycles. The van der Waals surface area contributed by atoms with Crippen molar-refractivity contribution < 1.29 is 9.90 Å². The number of aromatic hydroxyl groups is 1. The molecule has 0 unspecified atom stereocenters. The van der Waals surface area contributed by atoms with Crippen molar-refractivity contribution in [3.63, 3.8) is 0 Å². The first-order valence-electron chi connectivity index (χ1n) is 7.32. The maximum absolute atomic E-state index is 11.6. The second kappa shape index (κ2) is 5.99. The van der Waals surface area contributed by atoms with Crippen molar-refractivity contribution in [1.29, 1.82) is 0 Å². The van der Waals surface area contributed by atoms with Crippen LogP contribution in [0.2, 0.25) is 0 Å². The molecule has 0 atom stereocenters. The number of aryl methyl sites for hydroxylation is 1.